The van der Waals surface area contributed by atoms with E-state index in [0.717, 1.165) is 17.3 Å². The molecule has 128 valence electrons. The Bertz CT molecular complexity index is 826. The van der Waals surface area contributed by atoms with Crippen molar-refractivity contribution in [1.82, 2.24) is 4.90 Å². The largest absolute Gasteiger partial charge is 0.293 e. The van der Waals surface area contributed by atoms with Gasteiger partial charge in [0.2, 0.25) is 0 Å². The molecule has 0 aliphatic carbocycles. The summed E-state index contributed by atoms with van der Waals surface area (Å²) in [4.78, 5) is 26.3. The number of benzene rings is 2. The predicted molar refractivity (Wildman–Crippen MR) is 98.4 cm³/mol. The van der Waals surface area contributed by atoms with Crippen molar-refractivity contribution >= 4 is 29.0 Å². The maximum Gasteiger partial charge on any atom is 0.293 e. The standard InChI is InChI=1S/C20H18FNO2S/c1-13(2)16-7-3-14(4-8-16)11-18-19(23)22(20(24)25-18)12-15-5-9-17(21)10-6-15/h3-11,13H,12H2,1-2H3. The number of nitrogens with zero attached hydrogens (tertiary/aromatic N) is 1. The average molecular weight is 355 g/mol. The van der Waals surface area contributed by atoms with Crippen molar-refractivity contribution in [2.75, 3.05) is 0 Å². The van der Waals surface area contributed by atoms with Crippen LogP contribution < -0.4 is 0 Å². The van der Waals surface area contributed by atoms with Gasteiger partial charge in [-0.25, -0.2) is 4.39 Å². The summed E-state index contributed by atoms with van der Waals surface area (Å²) in [5, 5.41) is -0.306. The highest BCUT2D eigenvalue weighted by atomic mass is 32.2. The van der Waals surface area contributed by atoms with Crippen LogP contribution in [0, 0.1) is 5.82 Å². The first-order valence-corrected chi connectivity index (χ1v) is 8.85. The van der Waals surface area contributed by atoms with Crippen LogP contribution in [0.2, 0.25) is 0 Å². The molecular weight excluding hydrogens is 337 g/mol. The second kappa shape index (κ2) is 7.23. The van der Waals surface area contributed by atoms with E-state index in [1.165, 1.54) is 22.6 Å². The molecule has 2 aromatic carbocycles. The molecule has 1 aliphatic heterocycles. The van der Waals surface area contributed by atoms with Crippen molar-refractivity contribution in [3.8, 4) is 0 Å². The summed E-state index contributed by atoms with van der Waals surface area (Å²) in [6, 6.07) is 13.7. The van der Waals surface area contributed by atoms with Gasteiger partial charge < -0.3 is 0 Å². The smallest absolute Gasteiger partial charge is 0.268 e. The van der Waals surface area contributed by atoms with Crippen molar-refractivity contribution in [3.63, 3.8) is 0 Å². The lowest BCUT2D eigenvalue weighted by Gasteiger charge is -2.12. The topological polar surface area (TPSA) is 37.4 Å². The molecule has 1 aliphatic rings. The Morgan fingerprint density at radius 2 is 1.68 bits per heavy atom. The highest BCUT2D eigenvalue weighted by Gasteiger charge is 2.34. The Kier molecular flexibility index (Phi) is 5.04. The minimum Gasteiger partial charge on any atom is -0.268 e. The molecule has 5 heteroatoms. The first-order chi connectivity index (χ1) is 11.9. The second-order valence-corrected chi connectivity index (χ2v) is 7.21. The van der Waals surface area contributed by atoms with Gasteiger partial charge in [0.05, 0.1) is 11.4 Å². The van der Waals surface area contributed by atoms with E-state index >= 15 is 0 Å². The molecule has 0 aromatic heterocycles. The van der Waals surface area contributed by atoms with Crippen molar-refractivity contribution < 1.29 is 14.0 Å². The maximum absolute atomic E-state index is 13.0. The number of hydrogen-bond acceptors (Lipinski definition) is 3. The van der Waals surface area contributed by atoms with E-state index in [0.29, 0.717) is 16.4 Å². The number of hydrogen-bond donors (Lipinski definition) is 0. The molecule has 0 atom stereocenters. The molecule has 2 amide bonds. The Morgan fingerprint density at radius 3 is 2.28 bits per heavy atom. The van der Waals surface area contributed by atoms with Gasteiger partial charge in [0, 0.05) is 0 Å². The van der Waals surface area contributed by atoms with E-state index in [2.05, 4.69) is 13.8 Å². The predicted octanol–water partition coefficient (Wildman–Crippen LogP) is 5.19. The summed E-state index contributed by atoms with van der Waals surface area (Å²) in [6.07, 6.45) is 1.74. The quantitative estimate of drug-likeness (QED) is 0.709. The van der Waals surface area contributed by atoms with E-state index in [-0.39, 0.29) is 23.5 Å². The Balaban J connectivity index is 1.77. The SMILES string of the molecule is CC(C)c1ccc(C=C2SC(=O)N(Cc3ccc(F)cc3)C2=O)cc1. The Morgan fingerprint density at radius 1 is 1.04 bits per heavy atom. The summed E-state index contributed by atoms with van der Waals surface area (Å²) in [7, 11) is 0. The van der Waals surface area contributed by atoms with Crippen LogP contribution in [0.3, 0.4) is 0 Å². The molecule has 0 spiro atoms. The van der Waals surface area contributed by atoms with Crippen LogP contribution in [-0.2, 0) is 11.3 Å². The summed E-state index contributed by atoms with van der Waals surface area (Å²) in [5.74, 6) is -0.216. The van der Waals surface area contributed by atoms with Gasteiger partial charge in [-0.05, 0) is 52.6 Å². The summed E-state index contributed by atoms with van der Waals surface area (Å²) in [5.41, 5.74) is 2.82. The fourth-order valence-corrected chi connectivity index (χ4v) is 3.38. The van der Waals surface area contributed by atoms with Crippen molar-refractivity contribution in [2.45, 2.75) is 26.3 Å². The van der Waals surface area contributed by atoms with Crippen LogP contribution in [0.5, 0.6) is 0 Å². The molecule has 1 fully saturated rings. The van der Waals surface area contributed by atoms with E-state index in [1.807, 2.05) is 24.3 Å². The van der Waals surface area contributed by atoms with E-state index in [9.17, 15) is 14.0 Å². The number of thioether (sulfide) groups is 1. The number of carbonyl (C=O) groups excluding carboxylic acids is 2. The van der Waals surface area contributed by atoms with Gasteiger partial charge in [-0.3, -0.25) is 14.5 Å². The van der Waals surface area contributed by atoms with Gasteiger partial charge in [-0.2, -0.15) is 0 Å². The molecule has 1 saturated heterocycles. The lowest BCUT2D eigenvalue weighted by Crippen LogP contribution is -2.27. The summed E-state index contributed by atoms with van der Waals surface area (Å²) in [6.45, 7) is 4.39. The Labute approximate surface area is 150 Å². The summed E-state index contributed by atoms with van der Waals surface area (Å²) >= 11 is 0.934. The van der Waals surface area contributed by atoms with E-state index in [4.69, 9.17) is 0 Å². The van der Waals surface area contributed by atoms with E-state index in [1.54, 1.807) is 18.2 Å². The van der Waals surface area contributed by atoms with Gasteiger partial charge >= 0.3 is 0 Å². The fraction of sp³-hybridized carbons (Fsp3) is 0.200. The van der Waals surface area contributed by atoms with Crippen molar-refractivity contribution in [3.05, 3.63) is 75.9 Å². The number of imide groups is 1. The van der Waals surface area contributed by atoms with Gasteiger partial charge in [-0.15, -0.1) is 0 Å². The van der Waals surface area contributed by atoms with Gasteiger partial charge in [-0.1, -0.05) is 50.2 Å². The fourth-order valence-electron chi connectivity index (χ4n) is 2.54. The molecule has 0 N–H and O–H groups in total. The molecule has 2 aromatic rings. The number of rotatable bonds is 4. The average Bonchev–Trinajstić information content (AvgIpc) is 2.85. The molecule has 0 unspecified atom stereocenters. The maximum atomic E-state index is 13.0. The zero-order valence-corrected chi connectivity index (χ0v) is 14.8. The van der Waals surface area contributed by atoms with Crippen LogP contribution in [0.4, 0.5) is 9.18 Å². The van der Waals surface area contributed by atoms with Gasteiger partial charge in [0.15, 0.2) is 0 Å². The minimum absolute atomic E-state index is 0.147. The van der Waals surface area contributed by atoms with Crippen LogP contribution in [0.1, 0.15) is 36.5 Å². The third-order valence-electron chi connectivity index (χ3n) is 4.03. The molecule has 0 saturated carbocycles. The van der Waals surface area contributed by atoms with E-state index < -0.39 is 0 Å². The van der Waals surface area contributed by atoms with Crippen molar-refractivity contribution in [1.29, 1.82) is 0 Å². The summed E-state index contributed by atoms with van der Waals surface area (Å²) < 4.78 is 13.0. The monoisotopic (exact) mass is 355 g/mol. The number of amides is 2. The van der Waals surface area contributed by atoms with Crippen LogP contribution in [-0.4, -0.2) is 16.0 Å². The van der Waals surface area contributed by atoms with Crippen LogP contribution >= 0.6 is 11.8 Å². The minimum atomic E-state index is -0.345. The Hall–Kier alpha value is -2.40. The third-order valence-corrected chi connectivity index (χ3v) is 4.94. The lowest BCUT2D eigenvalue weighted by atomic mass is 10.0. The number of carbonyl (C=O) groups is 2. The second-order valence-electron chi connectivity index (χ2n) is 6.22. The van der Waals surface area contributed by atoms with Gasteiger partial charge in [0.1, 0.15) is 5.82 Å². The molecule has 25 heavy (non-hydrogen) atoms. The van der Waals surface area contributed by atoms with Gasteiger partial charge in [0.25, 0.3) is 11.1 Å². The molecular formula is C20H18FNO2S. The first-order valence-electron chi connectivity index (χ1n) is 8.04. The molecule has 0 bridgehead atoms. The van der Waals surface area contributed by atoms with Crippen LogP contribution in [0.15, 0.2) is 53.4 Å². The zero-order valence-electron chi connectivity index (χ0n) is 14.0. The zero-order chi connectivity index (χ0) is 18.0. The highest BCUT2D eigenvalue weighted by molar-refractivity contribution is 8.18. The number of halogens is 1. The highest BCUT2D eigenvalue weighted by Crippen LogP contribution is 2.33. The third kappa shape index (κ3) is 3.99. The normalized spacial score (nSPS) is 16.3. The lowest BCUT2D eigenvalue weighted by molar-refractivity contribution is -0.123. The molecule has 1 heterocycles. The van der Waals surface area contributed by atoms with Crippen molar-refractivity contribution in [2.24, 2.45) is 0 Å². The molecule has 0 radical (unpaired) electrons. The van der Waals surface area contributed by atoms with Crippen LogP contribution in [0.25, 0.3) is 6.08 Å². The first kappa shape index (κ1) is 17.4. The molecule has 3 nitrogen and oxygen atoms in total. The molecule has 3 rings (SSSR count).